The van der Waals surface area contributed by atoms with Gasteiger partial charge in [0, 0.05) is 10.0 Å². The molecule has 0 radical (unpaired) electrons. The van der Waals surface area contributed by atoms with E-state index in [1.165, 1.54) is 12.3 Å². The summed E-state index contributed by atoms with van der Waals surface area (Å²) in [5, 5.41) is 14.4. The number of hydrogen-bond donors (Lipinski definition) is 3. The fourth-order valence-electron chi connectivity index (χ4n) is 1.54. The molecule has 0 saturated heterocycles. The molecule has 6 nitrogen and oxygen atoms in total. The van der Waals surface area contributed by atoms with Gasteiger partial charge in [0.25, 0.3) is 5.91 Å². The summed E-state index contributed by atoms with van der Waals surface area (Å²) in [5.74, 6) is -0.479. The third kappa shape index (κ3) is 3.02. The molecule has 8 heteroatoms. The number of oxime groups is 1. The molecule has 2 aromatic rings. The van der Waals surface area contributed by atoms with Gasteiger partial charge in [-0.2, -0.15) is 0 Å². The minimum atomic E-state index is -0.375. The molecule has 0 saturated carbocycles. The largest absolute Gasteiger partial charge is 0.457 e. The monoisotopic (exact) mass is 401 g/mol. The van der Waals surface area contributed by atoms with Crippen molar-refractivity contribution in [3.8, 4) is 0 Å². The Morgan fingerprint density at radius 1 is 1.30 bits per heavy atom. The van der Waals surface area contributed by atoms with Gasteiger partial charge in [-0.15, -0.1) is 0 Å². The Hall–Kier alpha value is -1.80. The van der Waals surface area contributed by atoms with E-state index in [0.717, 1.165) is 4.47 Å². The summed E-state index contributed by atoms with van der Waals surface area (Å²) < 4.78 is 6.07. The topological polar surface area (TPSA) is 101 Å². The van der Waals surface area contributed by atoms with Crippen LogP contribution in [0.3, 0.4) is 0 Å². The number of halogens is 2. The fourth-order valence-corrected chi connectivity index (χ4v) is 2.32. The van der Waals surface area contributed by atoms with E-state index in [-0.39, 0.29) is 11.7 Å². The fraction of sp³-hybridized carbons (Fsp3) is 0. The molecule has 0 unspecified atom stereocenters. The second-order valence-electron chi connectivity index (χ2n) is 3.74. The Kier molecular flexibility index (Phi) is 4.46. The molecule has 0 fully saturated rings. The Morgan fingerprint density at radius 3 is 2.65 bits per heavy atom. The van der Waals surface area contributed by atoms with Crippen LogP contribution in [0.4, 0.5) is 5.69 Å². The molecule has 1 aromatic heterocycles. The number of amides is 1. The van der Waals surface area contributed by atoms with Gasteiger partial charge >= 0.3 is 0 Å². The van der Waals surface area contributed by atoms with Crippen molar-refractivity contribution in [1.29, 1.82) is 0 Å². The Bertz CT molecular complexity index is 682. The number of hydrogen-bond acceptors (Lipinski definition) is 4. The third-order valence-electron chi connectivity index (χ3n) is 2.48. The Labute approximate surface area is 130 Å². The van der Waals surface area contributed by atoms with Crippen molar-refractivity contribution in [2.75, 3.05) is 5.32 Å². The molecule has 0 aliphatic heterocycles. The summed E-state index contributed by atoms with van der Waals surface area (Å²) in [6.07, 6.45) is 1.39. The number of nitrogens with zero attached hydrogens (tertiary/aromatic N) is 1. The summed E-state index contributed by atoms with van der Waals surface area (Å²) in [6, 6.07) is 6.54. The zero-order valence-corrected chi connectivity index (χ0v) is 13.1. The highest BCUT2D eigenvalue weighted by Gasteiger charge is 2.16. The normalized spacial score (nSPS) is 11.4. The van der Waals surface area contributed by atoms with E-state index in [1.54, 1.807) is 18.2 Å². The minimum Gasteiger partial charge on any atom is -0.457 e. The summed E-state index contributed by atoms with van der Waals surface area (Å²) >= 11 is 6.41. The average Bonchev–Trinajstić information content (AvgIpc) is 2.86. The number of furan rings is 1. The van der Waals surface area contributed by atoms with Gasteiger partial charge in [-0.1, -0.05) is 21.1 Å². The zero-order valence-electron chi connectivity index (χ0n) is 9.93. The predicted molar refractivity (Wildman–Crippen MR) is 81.0 cm³/mol. The van der Waals surface area contributed by atoms with Gasteiger partial charge in [0.15, 0.2) is 10.5 Å². The molecule has 0 bridgehead atoms. The van der Waals surface area contributed by atoms with E-state index >= 15 is 0 Å². The summed E-state index contributed by atoms with van der Waals surface area (Å²) in [4.78, 5) is 12.1. The summed E-state index contributed by atoms with van der Waals surface area (Å²) in [5.41, 5.74) is 6.75. The summed E-state index contributed by atoms with van der Waals surface area (Å²) in [6.45, 7) is 0. The van der Waals surface area contributed by atoms with Gasteiger partial charge in [0.2, 0.25) is 0 Å². The van der Waals surface area contributed by atoms with Gasteiger partial charge in [-0.25, -0.2) is 0 Å². The lowest BCUT2D eigenvalue weighted by Crippen LogP contribution is -2.19. The number of rotatable bonds is 3. The number of amidine groups is 1. The van der Waals surface area contributed by atoms with Crippen LogP contribution in [0.5, 0.6) is 0 Å². The lowest BCUT2D eigenvalue weighted by molar-refractivity contribution is 0.102. The van der Waals surface area contributed by atoms with Crippen LogP contribution in [0, 0.1) is 0 Å². The molecule has 1 aromatic carbocycles. The zero-order chi connectivity index (χ0) is 14.7. The van der Waals surface area contributed by atoms with Gasteiger partial charge < -0.3 is 20.7 Å². The van der Waals surface area contributed by atoms with Gasteiger partial charge in [-0.3, -0.25) is 4.79 Å². The van der Waals surface area contributed by atoms with E-state index < -0.39 is 0 Å². The summed E-state index contributed by atoms with van der Waals surface area (Å²) in [7, 11) is 0. The van der Waals surface area contributed by atoms with E-state index in [2.05, 4.69) is 42.3 Å². The van der Waals surface area contributed by atoms with E-state index in [1.807, 2.05) is 0 Å². The molecular formula is C12H9Br2N3O3. The lowest BCUT2D eigenvalue weighted by atomic mass is 10.1. The van der Waals surface area contributed by atoms with Crippen LogP contribution in [0.2, 0.25) is 0 Å². The predicted octanol–water partition coefficient (Wildman–Crippen LogP) is 3.15. The lowest BCUT2D eigenvalue weighted by Gasteiger charge is -2.10. The molecule has 0 aliphatic carbocycles. The van der Waals surface area contributed by atoms with Crippen LogP contribution in [-0.4, -0.2) is 17.0 Å². The third-order valence-corrected chi connectivity index (χ3v) is 3.58. The highest BCUT2D eigenvalue weighted by molar-refractivity contribution is 9.10. The minimum absolute atomic E-state index is 0.104. The number of carbonyl (C=O) groups excluding carboxylic acids is 1. The molecule has 2 rings (SSSR count). The van der Waals surface area contributed by atoms with Gasteiger partial charge in [0.05, 0.1) is 17.5 Å². The number of nitrogens with one attached hydrogen (secondary N) is 1. The smallest absolute Gasteiger partial charge is 0.260 e. The van der Waals surface area contributed by atoms with Crippen molar-refractivity contribution >= 4 is 49.3 Å². The van der Waals surface area contributed by atoms with Crippen LogP contribution in [0.1, 0.15) is 15.9 Å². The van der Waals surface area contributed by atoms with Gasteiger partial charge in [0.1, 0.15) is 0 Å². The SMILES string of the molecule is N/C(=N/O)c1cc(Br)ccc1NC(=O)c1ccoc1Br. The van der Waals surface area contributed by atoms with Crippen LogP contribution >= 0.6 is 31.9 Å². The maximum atomic E-state index is 12.1. The first-order chi connectivity index (χ1) is 9.52. The highest BCUT2D eigenvalue weighted by atomic mass is 79.9. The van der Waals surface area contributed by atoms with Crippen LogP contribution in [-0.2, 0) is 0 Å². The van der Waals surface area contributed by atoms with E-state index in [4.69, 9.17) is 15.4 Å². The number of carbonyl (C=O) groups is 1. The molecule has 20 heavy (non-hydrogen) atoms. The van der Waals surface area contributed by atoms with Crippen LogP contribution in [0.25, 0.3) is 0 Å². The Balaban J connectivity index is 2.35. The molecule has 104 valence electrons. The van der Waals surface area contributed by atoms with Crippen molar-refractivity contribution in [1.82, 2.24) is 0 Å². The molecule has 0 spiro atoms. The van der Waals surface area contributed by atoms with E-state index in [9.17, 15) is 4.79 Å². The van der Waals surface area contributed by atoms with Crippen molar-refractivity contribution < 1.29 is 14.4 Å². The second kappa shape index (κ2) is 6.10. The maximum absolute atomic E-state index is 12.1. The Morgan fingerprint density at radius 2 is 2.05 bits per heavy atom. The van der Waals surface area contributed by atoms with Crippen molar-refractivity contribution in [2.45, 2.75) is 0 Å². The second-order valence-corrected chi connectivity index (χ2v) is 5.37. The van der Waals surface area contributed by atoms with Crippen molar-refractivity contribution in [3.63, 3.8) is 0 Å². The van der Waals surface area contributed by atoms with Crippen molar-refractivity contribution in [2.24, 2.45) is 10.9 Å². The first kappa shape index (κ1) is 14.6. The molecule has 4 N–H and O–H groups in total. The first-order valence-corrected chi connectivity index (χ1v) is 6.93. The molecular weight excluding hydrogens is 394 g/mol. The molecule has 1 heterocycles. The first-order valence-electron chi connectivity index (χ1n) is 5.34. The highest BCUT2D eigenvalue weighted by Crippen LogP contribution is 2.23. The maximum Gasteiger partial charge on any atom is 0.260 e. The van der Waals surface area contributed by atoms with Gasteiger partial charge in [-0.05, 0) is 40.2 Å². The van der Waals surface area contributed by atoms with Crippen LogP contribution < -0.4 is 11.1 Å². The number of nitrogens with two attached hydrogens (primary N) is 1. The molecule has 1 amide bonds. The average molecular weight is 403 g/mol. The molecule has 0 atom stereocenters. The van der Waals surface area contributed by atoms with Crippen molar-refractivity contribution in [3.05, 3.63) is 50.8 Å². The molecule has 0 aliphatic rings. The van der Waals surface area contributed by atoms with Crippen LogP contribution in [0.15, 0.2) is 49.2 Å². The number of benzene rings is 1. The number of anilines is 1. The van der Waals surface area contributed by atoms with E-state index in [0.29, 0.717) is 21.5 Å². The quantitative estimate of drug-likeness (QED) is 0.317. The standard InChI is InChI=1S/C12H9Br2N3O3/c13-6-1-2-9(8(5-6)11(15)17-19)16-12(18)7-3-4-20-10(7)14/h1-5,19H,(H2,15,17)(H,16,18).